The lowest BCUT2D eigenvalue weighted by molar-refractivity contribution is 0.0950. The van der Waals surface area contributed by atoms with Crippen molar-refractivity contribution in [3.63, 3.8) is 0 Å². The first-order valence-electron chi connectivity index (χ1n) is 5.91. The summed E-state index contributed by atoms with van der Waals surface area (Å²) >= 11 is 1.50. The van der Waals surface area contributed by atoms with Gasteiger partial charge >= 0.3 is 0 Å². The predicted octanol–water partition coefficient (Wildman–Crippen LogP) is 2.50. The smallest absolute Gasteiger partial charge is 0.186 e. The summed E-state index contributed by atoms with van der Waals surface area (Å²) in [5, 5.41) is 1.93. The Balaban J connectivity index is 1.79. The van der Waals surface area contributed by atoms with E-state index in [1.165, 1.54) is 11.3 Å². The van der Waals surface area contributed by atoms with E-state index >= 15 is 0 Å². The summed E-state index contributed by atoms with van der Waals surface area (Å²) < 4.78 is 0. The van der Waals surface area contributed by atoms with E-state index in [-0.39, 0.29) is 5.78 Å². The molecule has 0 spiro atoms. The zero-order valence-corrected chi connectivity index (χ0v) is 11.2. The lowest BCUT2D eigenvalue weighted by Gasteiger charge is -2.14. The number of carbonyl (C=O) groups excluding carboxylic acids is 1. The van der Waals surface area contributed by atoms with Gasteiger partial charge in [-0.1, -0.05) is 12.1 Å². The number of pyridine rings is 1. The van der Waals surface area contributed by atoms with Gasteiger partial charge in [-0.2, -0.15) is 0 Å². The number of aromatic nitrogens is 1. The minimum absolute atomic E-state index is 0.188. The third kappa shape index (κ3) is 3.75. The molecule has 0 bridgehead atoms. The summed E-state index contributed by atoms with van der Waals surface area (Å²) in [6.45, 7) is 1.31. The van der Waals surface area contributed by atoms with Crippen LogP contribution in [0.5, 0.6) is 0 Å². The molecule has 0 fully saturated rings. The molecular weight excluding hydrogens is 244 g/mol. The minimum atomic E-state index is 0.188. The Morgan fingerprint density at radius 2 is 2.22 bits per heavy atom. The first-order valence-corrected chi connectivity index (χ1v) is 6.79. The molecule has 0 unspecified atom stereocenters. The standard InChI is InChI=1S/C14H16N2OS/c1-16(9-7-12-5-2-3-8-15-12)11-13(17)14-6-4-10-18-14/h2-6,8,10H,7,9,11H2,1H3. The molecule has 2 aromatic rings. The predicted molar refractivity (Wildman–Crippen MR) is 74.1 cm³/mol. The van der Waals surface area contributed by atoms with Crippen LogP contribution in [0.15, 0.2) is 41.9 Å². The van der Waals surface area contributed by atoms with Crippen molar-refractivity contribution < 1.29 is 4.79 Å². The second kappa shape index (κ2) is 6.42. The third-order valence-electron chi connectivity index (χ3n) is 2.69. The van der Waals surface area contributed by atoms with E-state index in [1.807, 2.05) is 47.7 Å². The lowest BCUT2D eigenvalue weighted by atomic mass is 10.2. The molecule has 4 heteroatoms. The molecule has 0 aromatic carbocycles. The highest BCUT2D eigenvalue weighted by Crippen LogP contribution is 2.09. The first-order chi connectivity index (χ1) is 8.75. The highest BCUT2D eigenvalue weighted by molar-refractivity contribution is 7.12. The lowest BCUT2D eigenvalue weighted by Crippen LogP contribution is -2.27. The molecule has 0 aliphatic carbocycles. The summed E-state index contributed by atoms with van der Waals surface area (Å²) in [7, 11) is 1.97. The normalized spacial score (nSPS) is 10.8. The zero-order chi connectivity index (χ0) is 12.8. The van der Waals surface area contributed by atoms with Crippen LogP contribution in [-0.2, 0) is 6.42 Å². The Hall–Kier alpha value is -1.52. The summed E-state index contributed by atoms with van der Waals surface area (Å²) in [5.74, 6) is 0.188. The molecule has 94 valence electrons. The Bertz CT molecular complexity index is 482. The Kier molecular flexibility index (Phi) is 4.61. The van der Waals surface area contributed by atoms with Gasteiger partial charge in [-0.15, -0.1) is 11.3 Å². The van der Waals surface area contributed by atoms with Crippen molar-refractivity contribution in [1.82, 2.24) is 9.88 Å². The van der Waals surface area contributed by atoms with Gasteiger partial charge in [0, 0.05) is 24.9 Å². The third-order valence-corrected chi connectivity index (χ3v) is 3.60. The fourth-order valence-corrected chi connectivity index (χ4v) is 2.35. The van der Waals surface area contributed by atoms with Crippen molar-refractivity contribution in [3.05, 3.63) is 52.5 Å². The van der Waals surface area contributed by atoms with Crippen LogP contribution in [0.25, 0.3) is 0 Å². The summed E-state index contributed by atoms with van der Waals surface area (Å²) in [5.41, 5.74) is 1.06. The molecule has 2 heterocycles. The maximum Gasteiger partial charge on any atom is 0.186 e. The summed E-state index contributed by atoms with van der Waals surface area (Å²) in [6, 6.07) is 9.69. The van der Waals surface area contributed by atoms with E-state index in [0.717, 1.165) is 23.5 Å². The van der Waals surface area contributed by atoms with E-state index in [9.17, 15) is 4.79 Å². The Labute approximate surface area is 111 Å². The number of thiophene rings is 1. The zero-order valence-electron chi connectivity index (χ0n) is 10.4. The highest BCUT2D eigenvalue weighted by Gasteiger charge is 2.10. The monoisotopic (exact) mass is 260 g/mol. The van der Waals surface area contributed by atoms with E-state index in [4.69, 9.17) is 0 Å². The molecule has 0 amide bonds. The maximum atomic E-state index is 11.9. The summed E-state index contributed by atoms with van der Waals surface area (Å²) in [6.07, 6.45) is 2.67. The Morgan fingerprint density at radius 3 is 2.89 bits per heavy atom. The molecule has 0 aliphatic rings. The van der Waals surface area contributed by atoms with Crippen molar-refractivity contribution >= 4 is 17.1 Å². The van der Waals surface area contributed by atoms with E-state index < -0.39 is 0 Å². The van der Waals surface area contributed by atoms with Gasteiger partial charge < -0.3 is 0 Å². The molecule has 3 nitrogen and oxygen atoms in total. The maximum absolute atomic E-state index is 11.9. The quantitative estimate of drug-likeness (QED) is 0.748. The van der Waals surface area contributed by atoms with Crippen molar-refractivity contribution in [2.24, 2.45) is 0 Å². The molecule has 0 radical (unpaired) electrons. The van der Waals surface area contributed by atoms with Crippen molar-refractivity contribution in [1.29, 1.82) is 0 Å². The van der Waals surface area contributed by atoms with Crippen molar-refractivity contribution in [3.8, 4) is 0 Å². The molecule has 2 aromatic heterocycles. The topological polar surface area (TPSA) is 33.2 Å². The average molecular weight is 260 g/mol. The van der Waals surface area contributed by atoms with Gasteiger partial charge in [0.25, 0.3) is 0 Å². The number of ketones is 1. The molecular formula is C14H16N2OS. The second-order valence-corrected chi connectivity index (χ2v) is 5.16. The fourth-order valence-electron chi connectivity index (χ4n) is 1.69. The molecule has 0 saturated heterocycles. The summed E-state index contributed by atoms with van der Waals surface area (Å²) in [4.78, 5) is 19.0. The van der Waals surface area contributed by atoms with Crippen molar-refractivity contribution in [2.75, 3.05) is 20.1 Å². The van der Waals surface area contributed by atoms with E-state index in [1.54, 1.807) is 6.20 Å². The van der Waals surface area contributed by atoms with Crippen LogP contribution >= 0.6 is 11.3 Å². The van der Waals surface area contributed by atoms with Crippen molar-refractivity contribution in [2.45, 2.75) is 6.42 Å². The van der Waals surface area contributed by atoms with Gasteiger partial charge in [0.2, 0.25) is 0 Å². The molecule has 0 saturated carbocycles. The van der Waals surface area contributed by atoms with Crippen LogP contribution in [0.2, 0.25) is 0 Å². The number of nitrogens with zero attached hydrogens (tertiary/aromatic N) is 2. The number of hydrogen-bond acceptors (Lipinski definition) is 4. The van der Waals surface area contributed by atoms with Crippen LogP contribution in [0.1, 0.15) is 15.4 Å². The van der Waals surface area contributed by atoms with Crippen LogP contribution in [0.3, 0.4) is 0 Å². The van der Waals surface area contributed by atoms with E-state index in [0.29, 0.717) is 6.54 Å². The molecule has 18 heavy (non-hydrogen) atoms. The van der Waals surface area contributed by atoms with Gasteiger partial charge in [-0.3, -0.25) is 14.7 Å². The van der Waals surface area contributed by atoms with Crippen LogP contribution in [-0.4, -0.2) is 35.8 Å². The molecule has 2 rings (SSSR count). The number of Topliss-reactive ketones (excluding diaryl/α,β-unsaturated/α-hetero) is 1. The molecule has 0 aliphatic heterocycles. The average Bonchev–Trinajstić information content (AvgIpc) is 2.91. The molecule has 0 atom stereocenters. The van der Waals surface area contributed by atoms with Gasteiger partial charge in [0.15, 0.2) is 5.78 Å². The molecule has 0 N–H and O–H groups in total. The largest absolute Gasteiger partial charge is 0.298 e. The Morgan fingerprint density at radius 1 is 1.33 bits per heavy atom. The van der Waals surface area contributed by atoms with Gasteiger partial charge in [-0.25, -0.2) is 0 Å². The van der Waals surface area contributed by atoms with Gasteiger partial charge in [-0.05, 0) is 30.6 Å². The first kappa shape index (κ1) is 12.9. The number of likely N-dealkylation sites (N-methyl/N-ethyl adjacent to an activating group) is 1. The fraction of sp³-hybridized carbons (Fsp3) is 0.286. The van der Waals surface area contributed by atoms with Gasteiger partial charge in [0.1, 0.15) is 0 Å². The highest BCUT2D eigenvalue weighted by atomic mass is 32.1. The number of hydrogen-bond donors (Lipinski definition) is 0. The second-order valence-electron chi connectivity index (χ2n) is 4.21. The number of carbonyl (C=O) groups is 1. The van der Waals surface area contributed by atoms with Crippen LogP contribution in [0.4, 0.5) is 0 Å². The minimum Gasteiger partial charge on any atom is -0.298 e. The SMILES string of the molecule is CN(CCc1ccccn1)CC(=O)c1cccs1. The van der Waals surface area contributed by atoms with E-state index in [2.05, 4.69) is 4.98 Å². The van der Waals surface area contributed by atoms with Gasteiger partial charge in [0.05, 0.1) is 11.4 Å². The number of rotatable bonds is 6. The van der Waals surface area contributed by atoms with Crippen LogP contribution < -0.4 is 0 Å². The van der Waals surface area contributed by atoms with Crippen LogP contribution in [0, 0.1) is 0 Å².